The summed E-state index contributed by atoms with van der Waals surface area (Å²) in [5, 5.41) is 7.12. The number of aryl methyl sites for hydroxylation is 1. The van der Waals surface area contributed by atoms with E-state index in [-0.39, 0.29) is 0 Å². The summed E-state index contributed by atoms with van der Waals surface area (Å²) in [6.07, 6.45) is 0. The number of hydrogen-bond donors (Lipinski definition) is 0. The molecule has 0 aliphatic carbocycles. The highest BCUT2D eigenvalue weighted by Gasteiger charge is 2.17. The van der Waals surface area contributed by atoms with Crippen molar-refractivity contribution in [3.05, 3.63) is 47.3 Å². The molecule has 24 heavy (non-hydrogen) atoms. The zero-order chi connectivity index (χ0) is 16.5. The van der Waals surface area contributed by atoms with Gasteiger partial charge in [-0.25, -0.2) is 4.98 Å². The normalized spacial score (nSPS) is 11.1. The summed E-state index contributed by atoms with van der Waals surface area (Å²) in [5.41, 5.74) is 2.79. The summed E-state index contributed by atoms with van der Waals surface area (Å²) in [6.45, 7) is 4.50. The average molecular weight is 337 g/mol. The van der Waals surface area contributed by atoms with Crippen LogP contribution in [0.2, 0.25) is 0 Å². The summed E-state index contributed by atoms with van der Waals surface area (Å²) in [5.74, 6) is 1.51. The summed E-state index contributed by atoms with van der Waals surface area (Å²) in [7, 11) is 0. The third-order valence-corrected chi connectivity index (χ3v) is 4.47. The van der Waals surface area contributed by atoms with E-state index in [1.54, 1.807) is 11.3 Å². The Morgan fingerprint density at radius 3 is 2.88 bits per heavy atom. The molecule has 0 fully saturated rings. The third-order valence-electron chi connectivity index (χ3n) is 3.62. The Kier molecular flexibility index (Phi) is 3.74. The van der Waals surface area contributed by atoms with E-state index in [4.69, 9.17) is 9.26 Å². The molecule has 0 bridgehead atoms. The fourth-order valence-electron chi connectivity index (χ4n) is 2.52. The van der Waals surface area contributed by atoms with Crippen molar-refractivity contribution in [1.82, 2.24) is 15.1 Å². The largest absolute Gasteiger partial charge is 0.477 e. The second-order valence-electron chi connectivity index (χ2n) is 5.37. The molecule has 0 atom stereocenters. The molecular weight excluding hydrogens is 322 g/mol. The quantitative estimate of drug-likeness (QED) is 0.539. The lowest BCUT2D eigenvalue weighted by atomic mass is 10.1. The van der Waals surface area contributed by atoms with Crippen LogP contribution in [0.3, 0.4) is 0 Å². The third kappa shape index (κ3) is 2.65. The van der Waals surface area contributed by atoms with E-state index in [1.807, 2.05) is 42.6 Å². The minimum atomic E-state index is 0.484. The maximum atomic E-state index is 5.70. The standard InChI is InChI=1S/C18H15N3O2S/c1-3-22-17-13(10-12-9-11(2)6-7-14(12)19-17)16-20-18(23-21-16)15-5-4-8-24-15/h4-10H,3H2,1-2H3. The molecule has 0 spiro atoms. The molecule has 0 aliphatic rings. The number of fused-ring (bicyclic) bond motifs is 1. The number of benzene rings is 1. The van der Waals surface area contributed by atoms with Crippen molar-refractivity contribution in [3.8, 4) is 28.0 Å². The molecule has 0 N–H and O–H groups in total. The number of thiophene rings is 1. The number of hydrogen-bond acceptors (Lipinski definition) is 6. The molecule has 4 aromatic rings. The first-order chi connectivity index (χ1) is 11.7. The molecule has 3 heterocycles. The Labute approximate surface area is 142 Å². The van der Waals surface area contributed by atoms with Gasteiger partial charge in [-0.2, -0.15) is 4.98 Å². The molecule has 0 unspecified atom stereocenters. The van der Waals surface area contributed by atoms with Crippen LogP contribution in [0.5, 0.6) is 5.88 Å². The minimum absolute atomic E-state index is 0.484. The summed E-state index contributed by atoms with van der Waals surface area (Å²) >= 11 is 1.56. The van der Waals surface area contributed by atoms with Crippen molar-refractivity contribution in [2.75, 3.05) is 6.61 Å². The van der Waals surface area contributed by atoms with Gasteiger partial charge in [0.25, 0.3) is 5.89 Å². The smallest absolute Gasteiger partial charge is 0.268 e. The number of aromatic nitrogens is 3. The fraction of sp³-hybridized carbons (Fsp3) is 0.167. The van der Waals surface area contributed by atoms with Crippen LogP contribution >= 0.6 is 11.3 Å². The van der Waals surface area contributed by atoms with Crippen LogP contribution in [-0.4, -0.2) is 21.7 Å². The summed E-state index contributed by atoms with van der Waals surface area (Å²) in [6, 6.07) is 12.0. The van der Waals surface area contributed by atoms with Gasteiger partial charge in [0.15, 0.2) is 0 Å². The highest BCUT2D eigenvalue weighted by molar-refractivity contribution is 7.13. The van der Waals surface area contributed by atoms with E-state index >= 15 is 0 Å². The van der Waals surface area contributed by atoms with Crippen LogP contribution in [0.15, 0.2) is 46.3 Å². The highest BCUT2D eigenvalue weighted by Crippen LogP contribution is 2.32. The maximum Gasteiger partial charge on any atom is 0.268 e. The van der Waals surface area contributed by atoms with E-state index in [0.29, 0.717) is 24.2 Å². The zero-order valence-electron chi connectivity index (χ0n) is 13.3. The van der Waals surface area contributed by atoms with E-state index in [2.05, 4.69) is 28.1 Å². The van der Waals surface area contributed by atoms with Gasteiger partial charge in [-0.05, 0) is 43.5 Å². The Morgan fingerprint density at radius 1 is 1.17 bits per heavy atom. The Balaban J connectivity index is 1.86. The van der Waals surface area contributed by atoms with Crippen LogP contribution in [0.25, 0.3) is 33.1 Å². The monoisotopic (exact) mass is 337 g/mol. The molecule has 6 heteroatoms. The van der Waals surface area contributed by atoms with E-state index in [0.717, 1.165) is 21.3 Å². The van der Waals surface area contributed by atoms with Crippen molar-refractivity contribution in [2.24, 2.45) is 0 Å². The summed E-state index contributed by atoms with van der Waals surface area (Å²) in [4.78, 5) is 10.1. The van der Waals surface area contributed by atoms with Crippen molar-refractivity contribution in [1.29, 1.82) is 0 Å². The van der Waals surface area contributed by atoms with E-state index in [9.17, 15) is 0 Å². The molecule has 3 aromatic heterocycles. The predicted octanol–water partition coefficient (Wildman–Crippen LogP) is 4.72. The van der Waals surface area contributed by atoms with Crippen molar-refractivity contribution in [2.45, 2.75) is 13.8 Å². The molecule has 1 aromatic carbocycles. The number of rotatable bonds is 4. The molecule has 0 saturated heterocycles. The molecule has 120 valence electrons. The fourth-order valence-corrected chi connectivity index (χ4v) is 3.16. The SMILES string of the molecule is CCOc1nc2ccc(C)cc2cc1-c1noc(-c2cccs2)n1. The Bertz CT molecular complexity index is 993. The number of nitrogens with zero attached hydrogens (tertiary/aromatic N) is 3. The van der Waals surface area contributed by atoms with E-state index in [1.165, 1.54) is 5.56 Å². The first kappa shape index (κ1) is 14.8. The van der Waals surface area contributed by atoms with Gasteiger partial charge in [-0.3, -0.25) is 0 Å². The first-order valence-electron chi connectivity index (χ1n) is 7.67. The molecule has 5 nitrogen and oxygen atoms in total. The highest BCUT2D eigenvalue weighted by atomic mass is 32.1. The van der Waals surface area contributed by atoms with Crippen LogP contribution in [0.1, 0.15) is 12.5 Å². The van der Waals surface area contributed by atoms with Crippen molar-refractivity contribution < 1.29 is 9.26 Å². The average Bonchev–Trinajstić information content (AvgIpc) is 3.26. The second kappa shape index (κ2) is 6.05. The van der Waals surface area contributed by atoms with Crippen LogP contribution in [-0.2, 0) is 0 Å². The first-order valence-corrected chi connectivity index (χ1v) is 8.54. The zero-order valence-corrected chi connectivity index (χ0v) is 14.1. The van der Waals surface area contributed by atoms with Gasteiger partial charge >= 0.3 is 0 Å². The van der Waals surface area contributed by atoms with Gasteiger partial charge < -0.3 is 9.26 Å². The van der Waals surface area contributed by atoms with Crippen LogP contribution in [0, 0.1) is 6.92 Å². The number of pyridine rings is 1. The molecular formula is C18H15N3O2S. The molecule has 4 rings (SSSR count). The molecule has 0 radical (unpaired) electrons. The lowest BCUT2D eigenvalue weighted by Gasteiger charge is -2.08. The van der Waals surface area contributed by atoms with Gasteiger partial charge in [-0.1, -0.05) is 22.9 Å². The maximum absolute atomic E-state index is 5.70. The van der Waals surface area contributed by atoms with Gasteiger partial charge in [-0.15, -0.1) is 11.3 Å². The van der Waals surface area contributed by atoms with Crippen molar-refractivity contribution in [3.63, 3.8) is 0 Å². The van der Waals surface area contributed by atoms with Gasteiger partial charge in [0, 0.05) is 5.39 Å². The van der Waals surface area contributed by atoms with Gasteiger partial charge in [0.2, 0.25) is 11.7 Å². The predicted molar refractivity (Wildman–Crippen MR) is 94.3 cm³/mol. The topological polar surface area (TPSA) is 61.0 Å². The Hall–Kier alpha value is -2.73. The minimum Gasteiger partial charge on any atom is -0.477 e. The lowest BCUT2D eigenvalue weighted by Crippen LogP contribution is -1.98. The van der Waals surface area contributed by atoms with Crippen LogP contribution in [0.4, 0.5) is 0 Å². The van der Waals surface area contributed by atoms with Crippen LogP contribution < -0.4 is 4.74 Å². The Morgan fingerprint density at radius 2 is 2.08 bits per heavy atom. The molecule has 0 saturated carbocycles. The van der Waals surface area contributed by atoms with Crippen molar-refractivity contribution >= 4 is 22.2 Å². The van der Waals surface area contributed by atoms with E-state index < -0.39 is 0 Å². The number of ether oxygens (including phenoxy) is 1. The molecule has 0 aliphatic heterocycles. The molecule has 0 amide bonds. The van der Waals surface area contributed by atoms with Gasteiger partial charge in [0.05, 0.1) is 22.6 Å². The lowest BCUT2D eigenvalue weighted by molar-refractivity contribution is 0.329. The van der Waals surface area contributed by atoms with Gasteiger partial charge in [0.1, 0.15) is 0 Å². The second-order valence-corrected chi connectivity index (χ2v) is 6.32. The summed E-state index contributed by atoms with van der Waals surface area (Å²) < 4.78 is 11.1.